The van der Waals surface area contributed by atoms with Crippen LogP contribution in [0.25, 0.3) is 0 Å². The summed E-state index contributed by atoms with van der Waals surface area (Å²) >= 11 is 0. The Labute approximate surface area is 159 Å². The lowest BCUT2D eigenvalue weighted by Crippen LogP contribution is -2.44. The molecule has 9 heteroatoms. The van der Waals surface area contributed by atoms with E-state index in [4.69, 9.17) is 0 Å². The molecule has 2 heterocycles. The average molecular weight is 393 g/mol. The summed E-state index contributed by atoms with van der Waals surface area (Å²) in [4.78, 5) is 31.6. The van der Waals surface area contributed by atoms with E-state index in [9.17, 15) is 22.8 Å². The molecule has 1 aromatic heterocycles. The lowest BCUT2D eigenvalue weighted by molar-refractivity contribution is -0.123. The van der Waals surface area contributed by atoms with Crippen molar-refractivity contribution in [3.8, 4) is 5.75 Å². The van der Waals surface area contributed by atoms with Gasteiger partial charge in [0.2, 0.25) is 5.82 Å². The molecular weight excluding hydrogens is 375 g/mol. The van der Waals surface area contributed by atoms with Gasteiger partial charge in [0.1, 0.15) is 5.54 Å². The van der Waals surface area contributed by atoms with Gasteiger partial charge in [0.05, 0.1) is 25.0 Å². The molecule has 0 N–H and O–H groups in total. The maximum absolute atomic E-state index is 14.5. The molecule has 0 bridgehead atoms. The molecular formula is C19H18F3N3O3. The SMILES string of the molecule is COc1c(F)cc(N2C(=O)N(Cc3ncccc3C)C(C)(C)C2=O)c(F)c1F. The Morgan fingerprint density at radius 3 is 2.46 bits per heavy atom. The van der Waals surface area contributed by atoms with Gasteiger partial charge in [-0.15, -0.1) is 0 Å². The third kappa shape index (κ3) is 2.87. The van der Waals surface area contributed by atoms with E-state index in [1.807, 2.05) is 0 Å². The number of carbonyl (C=O) groups excluding carboxylic acids is 2. The van der Waals surface area contributed by atoms with Gasteiger partial charge < -0.3 is 9.64 Å². The average Bonchev–Trinajstić information content (AvgIpc) is 2.80. The minimum absolute atomic E-state index is 0.0243. The van der Waals surface area contributed by atoms with Crippen molar-refractivity contribution < 1.29 is 27.5 Å². The highest BCUT2D eigenvalue weighted by Crippen LogP contribution is 2.38. The van der Waals surface area contributed by atoms with E-state index in [-0.39, 0.29) is 6.54 Å². The van der Waals surface area contributed by atoms with Crippen molar-refractivity contribution in [2.45, 2.75) is 32.9 Å². The molecule has 0 unspecified atom stereocenters. The van der Waals surface area contributed by atoms with Crippen LogP contribution in [0.2, 0.25) is 0 Å². The summed E-state index contributed by atoms with van der Waals surface area (Å²) in [6, 6.07) is 3.19. The smallest absolute Gasteiger partial charge is 0.332 e. The predicted molar refractivity (Wildman–Crippen MR) is 94.3 cm³/mol. The highest BCUT2D eigenvalue weighted by molar-refractivity contribution is 6.23. The minimum Gasteiger partial charge on any atom is -0.491 e. The zero-order valence-corrected chi connectivity index (χ0v) is 15.7. The molecule has 1 aromatic carbocycles. The summed E-state index contributed by atoms with van der Waals surface area (Å²) in [7, 11) is 0.979. The van der Waals surface area contributed by atoms with Gasteiger partial charge in [-0.05, 0) is 32.4 Å². The number of amides is 3. The quantitative estimate of drug-likeness (QED) is 0.589. The second-order valence-corrected chi connectivity index (χ2v) is 6.87. The number of ether oxygens (including phenoxy) is 1. The molecule has 3 amide bonds. The van der Waals surface area contributed by atoms with Gasteiger partial charge in [-0.2, -0.15) is 4.39 Å². The fourth-order valence-electron chi connectivity index (χ4n) is 3.06. The summed E-state index contributed by atoms with van der Waals surface area (Å²) in [6.45, 7) is 4.71. The van der Waals surface area contributed by atoms with Crippen LogP contribution in [0.1, 0.15) is 25.1 Å². The van der Waals surface area contributed by atoms with E-state index < -0.39 is 46.4 Å². The number of hydrogen-bond donors (Lipinski definition) is 0. The number of carbonyl (C=O) groups is 2. The van der Waals surface area contributed by atoms with Gasteiger partial charge in [0.25, 0.3) is 5.91 Å². The first-order valence-electron chi connectivity index (χ1n) is 8.39. The second-order valence-electron chi connectivity index (χ2n) is 6.87. The van der Waals surface area contributed by atoms with Crippen molar-refractivity contribution in [1.82, 2.24) is 9.88 Å². The van der Waals surface area contributed by atoms with Gasteiger partial charge in [-0.1, -0.05) is 6.07 Å². The molecule has 1 aliphatic heterocycles. The Bertz CT molecular complexity index is 978. The molecule has 0 atom stereocenters. The minimum atomic E-state index is -1.62. The lowest BCUT2D eigenvalue weighted by Gasteiger charge is -2.27. The Morgan fingerprint density at radius 2 is 1.86 bits per heavy atom. The van der Waals surface area contributed by atoms with Crippen LogP contribution in [0.5, 0.6) is 5.75 Å². The van der Waals surface area contributed by atoms with E-state index >= 15 is 0 Å². The first kappa shape index (κ1) is 19.7. The molecule has 28 heavy (non-hydrogen) atoms. The highest BCUT2D eigenvalue weighted by atomic mass is 19.2. The number of benzene rings is 1. The normalized spacial score (nSPS) is 16.1. The Hall–Kier alpha value is -3.10. The Balaban J connectivity index is 2.07. The molecule has 6 nitrogen and oxygen atoms in total. The summed E-state index contributed by atoms with van der Waals surface area (Å²) in [6.07, 6.45) is 1.55. The van der Waals surface area contributed by atoms with Gasteiger partial charge >= 0.3 is 6.03 Å². The number of imide groups is 1. The monoisotopic (exact) mass is 393 g/mol. The predicted octanol–water partition coefficient (Wildman–Crippen LogP) is 3.56. The third-order valence-electron chi connectivity index (χ3n) is 4.79. The van der Waals surface area contributed by atoms with E-state index in [2.05, 4.69) is 9.72 Å². The maximum Gasteiger partial charge on any atom is 0.332 e. The molecule has 1 aliphatic rings. The first-order valence-corrected chi connectivity index (χ1v) is 8.39. The number of urea groups is 1. The number of nitrogens with zero attached hydrogens (tertiary/aromatic N) is 3. The largest absolute Gasteiger partial charge is 0.491 e. The van der Waals surface area contributed by atoms with Gasteiger partial charge in [-0.3, -0.25) is 9.78 Å². The standard InChI is InChI=1S/C19H18F3N3O3/c1-10-6-5-7-23-12(10)9-24-18(27)25(17(26)19(24,2)3)13-8-11(20)16(28-4)15(22)14(13)21/h5-8H,9H2,1-4H3. The molecule has 2 aromatic rings. The number of anilines is 1. The van der Waals surface area contributed by atoms with E-state index in [1.165, 1.54) is 18.7 Å². The topological polar surface area (TPSA) is 62.7 Å². The molecule has 0 saturated carbocycles. The van der Waals surface area contributed by atoms with Crippen molar-refractivity contribution in [1.29, 1.82) is 0 Å². The van der Waals surface area contributed by atoms with Gasteiger partial charge in [-0.25, -0.2) is 18.5 Å². The molecule has 3 rings (SSSR count). The molecule has 148 valence electrons. The van der Waals surface area contributed by atoms with Crippen LogP contribution in [0.4, 0.5) is 23.7 Å². The molecule has 0 aliphatic carbocycles. The lowest BCUT2D eigenvalue weighted by atomic mass is 10.0. The molecule has 0 spiro atoms. The second kappa shape index (κ2) is 6.81. The zero-order valence-electron chi connectivity index (χ0n) is 15.7. The number of aryl methyl sites for hydroxylation is 1. The maximum atomic E-state index is 14.5. The van der Waals surface area contributed by atoms with Gasteiger partial charge in [0.15, 0.2) is 17.4 Å². The number of methoxy groups -OCH3 is 1. The molecule has 1 saturated heterocycles. The van der Waals surface area contributed by atoms with E-state index in [0.29, 0.717) is 16.7 Å². The number of pyridine rings is 1. The summed E-state index contributed by atoms with van der Waals surface area (Å²) < 4.78 is 47.2. The Kier molecular flexibility index (Phi) is 4.78. The molecule has 0 radical (unpaired) electrons. The van der Waals surface area contributed by atoms with Crippen LogP contribution < -0.4 is 9.64 Å². The van der Waals surface area contributed by atoms with Crippen molar-refractivity contribution in [2.24, 2.45) is 0 Å². The Morgan fingerprint density at radius 1 is 1.18 bits per heavy atom. The van der Waals surface area contributed by atoms with Crippen LogP contribution >= 0.6 is 0 Å². The van der Waals surface area contributed by atoms with Crippen molar-refractivity contribution in [3.63, 3.8) is 0 Å². The van der Waals surface area contributed by atoms with Crippen molar-refractivity contribution in [3.05, 3.63) is 53.1 Å². The summed E-state index contributed by atoms with van der Waals surface area (Å²) in [5.74, 6) is -6.13. The number of rotatable bonds is 4. The number of halogens is 3. The molecule has 1 fully saturated rings. The highest BCUT2D eigenvalue weighted by Gasteiger charge is 2.53. The van der Waals surface area contributed by atoms with Crippen LogP contribution in [0.15, 0.2) is 24.4 Å². The number of aromatic nitrogens is 1. The zero-order chi connectivity index (χ0) is 20.8. The van der Waals surface area contributed by atoms with E-state index in [1.54, 1.807) is 25.3 Å². The number of hydrogen-bond acceptors (Lipinski definition) is 4. The van der Waals surface area contributed by atoms with Crippen LogP contribution in [0.3, 0.4) is 0 Å². The van der Waals surface area contributed by atoms with Gasteiger partial charge in [0, 0.05) is 12.3 Å². The fourth-order valence-corrected chi connectivity index (χ4v) is 3.06. The van der Waals surface area contributed by atoms with Crippen LogP contribution in [0, 0.1) is 24.4 Å². The first-order chi connectivity index (χ1) is 13.1. The van der Waals surface area contributed by atoms with E-state index in [0.717, 1.165) is 12.7 Å². The third-order valence-corrected chi connectivity index (χ3v) is 4.79. The van der Waals surface area contributed by atoms with Crippen LogP contribution in [-0.2, 0) is 11.3 Å². The van der Waals surface area contributed by atoms with Crippen molar-refractivity contribution in [2.75, 3.05) is 12.0 Å². The summed E-state index contributed by atoms with van der Waals surface area (Å²) in [5, 5.41) is 0. The van der Waals surface area contributed by atoms with Crippen LogP contribution in [-0.4, -0.2) is 34.5 Å². The summed E-state index contributed by atoms with van der Waals surface area (Å²) in [5.41, 5.74) is -0.838. The fraction of sp³-hybridized carbons (Fsp3) is 0.316. The van der Waals surface area contributed by atoms with Crippen molar-refractivity contribution >= 4 is 17.6 Å².